The zero-order valence-corrected chi connectivity index (χ0v) is 10.7. The number of nitrogens with one attached hydrogen (secondary N) is 1. The summed E-state index contributed by atoms with van der Waals surface area (Å²) in [6.07, 6.45) is 2.35. The summed E-state index contributed by atoms with van der Waals surface area (Å²) in [4.78, 5) is 0. The van der Waals surface area contributed by atoms with Crippen molar-refractivity contribution in [3.05, 3.63) is 27.7 Å². The maximum absolute atomic E-state index is 6.25. The monoisotopic (exact) mass is 259 g/mol. The maximum atomic E-state index is 6.25. The Labute approximate surface area is 106 Å². The Kier molecular flexibility index (Phi) is 3.95. The van der Waals surface area contributed by atoms with E-state index in [1.54, 1.807) is 13.2 Å². The number of hydrogen-bond acceptors (Lipinski definition) is 2. The van der Waals surface area contributed by atoms with Gasteiger partial charge in [-0.05, 0) is 36.9 Å². The van der Waals surface area contributed by atoms with Gasteiger partial charge in [-0.15, -0.1) is 0 Å². The first-order chi connectivity index (χ1) is 7.72. The second-order valence-electron chi connectivity index (χ2n) is 4.05. The van der Waals surface area contributed by atoms with E-state index in [0.29, 0.717) is 16.7 Å². The zero-order chi connectivity index (χ0) is 11.5. The molecule has 1 heterocycles. The van der Waals surface area contributed by atoms with E-state index in [0.717, 1.165) is 30.1 Å². The molecule has 1 aliphatic rings. The van der Waals surface area contributed by atoms with Crippen LogP contribution in [-0.2, 0) is 0 Å². The lowest BCUT2D eigenvalue weighted by Crippen LogP contribution is -2.28. The highest BCUT2D eigenvalue weighted by atomic mass is 35.5. The molecule has 0 bridgehead atoms. The number of benzene rings is 1. The van der Waals surface area contributed by atoms with Crippen molar-refractivity contribution >= 4 is 23.2 Å². The number of piperidine rings is 1. The first-order valence-corrected chi connectivity index (χ1v) is 6.21. The van der Waals surface area contributed by atoms with Gasteiger partial charge in [0.25, 0.3) is 0 Å². The summed E-state index contributed by atoms with van der Waals surface area (Å²) in [5, 5.41) is 4.75. The molecule has 1 N–H and O–H groups in total. The largest absolute Gasteiger partial charge is 0.495 e. The van der Waals surface area contributed by atoms with Crippen molar-refractivity contribution in [1.82, 2.24) is 5.32 Å². The van der Waals surface area contributed by atoms with Crippen LogP contribution in [0.5, 0.6) is 5.75 Å². The van der Waals surface area contributed by atoms with E-state index < -0.39 is 0 Å². The molecule has 1 aromatic rings. The van der Waals surface area contributed by atoms with Crippen LogP contribution in [0.25, 0.3) is 0 Å². The Balaban J connectivity index is 2.29. The van der Waals surface area contributed by atoms with Crippen LogP contribution < -0.4 is 10.1 Å². The van der Waals surface area contributed by atoms with Crippen LogP contribution in [0.4, 0.5) is 0 Å². The lowest BCUT2D eigenvalue weighted by Gasteiger charge is -2.24. The molecule has 0 aliphatic carbocycles. The van der Waals surface area contributed by atoms with Crippen molar-refractivity contribution in [3.63, 3.8) is 0 Å². The zero-order valence-electron chi connectivity index (χ0n) is 9.22. The van der Waals surface area contributed by atoms with Crippen LogP contribution in [0.3, 0.4) is 0 Å². The molecule has 1 aromatic carbocycles. The van der Waals surface area contributed by atoms with E-state index in [-0.39, 0.29) is 0 Å². The fourth-order valence-electron chi connectivity index (χ4n) is 2.13. The third kappa shape index (κ3) is 2.45. The van der Waals surface area contributed by atoms with Gasteiger partial charge in [-0.25, -0.2) is 0 Å². The average molecular weight is 260 g/mol. The summed E-state index contributed by atoms with van der Waals surface area (Å²) in [7, 11) is 1.60. The molecule has 0 radical (unpaired) electrons. The summed E-state index contributed by atoms with van der Waals surface area (Å²) in [5.41, 5.74) is 1.12. The van der Waals surface area contributed by atoms with Gasteiger partial charge in [-0.1, -0.05) is 23.2 Å². The quantitative estimate of drug-likeness (QED) is 0.879. The van der Waals surface area contributed by atoms with Crippen LogP contribution in [0.15, 0.2) is 12.1 Å². The second-order valence-corrected chi connectivity index (χ2v) is 4.87. The third-order valence-corrected chi connectivity index (χ3v) is 3.63. The van der Waals surface area contributed by atoms with E-state index >= 15 is 0 Å². The van der Waals surface area contributed by atoms with Crippen LogP contribution in [0.1, 0.15) is 24.3 Å². The van der Waals surface area contributed by atoms with E-state index in [1.165, 1.54) is 6.42 Å². The maximum Gasteiger partial charge on any atom is 0.138 e. The number of methoxy groups -OCH3 is 1. The van der Waals surface area contributed by atoms with Gasteiger partial charge in [-0.2, -0.15) is 0 Å². The normalized spacial score (nSPS) is 20.8. The van der Waals surface area contributed by atoms with Gasteiger partial charge in [0.15, 0.2) is 0 Å². The van der Waals surface area contributed by atoms with Crippen molar-refractivity contribution in [2.45, 2.75) is 18.8 Å². The minimum absolute atomic E-state index is 0.463. The summed E-state index contributed by atoms with van der Waals surface area (Å²) >= 11 is 12.4. The molecule has 2 nitrogen and oxygen atoms in total. The summed E-state index contributed by atoms with van der Waals surface area (Å²) in [6, 6.07) is 3.73. The summed E-state index contributed by atoms with van der Waals surface area (Å²) < 4.78 is 5.14. The van der Waals surface area contributed by atoms with Crippen molar-refractivity contribution in [1.29, 1.82) is 0 Å². The van der Waals surface area contributed by atoms with E-state index in [2.05, 4.69) is 5.32 Å². The second kappa shape index (κ2) is 5.26. The molecule has 1 unspecified atom stereocenters. The summed E-state index contributed by atoms with van der Waals surface area (Å²) in [6.45, 7) is 2.07. The molecule has 2 rings (SSSR count). The Morgan fingerprint density at radius 1 is 1.31 bits per heavy atom. The van der Waals surface area contributed by atoms with Gasteiger partial charge in [0.05, 0.1) is 12.1 Å². The SMILES string of the molecule is COc1cc(Cl)c(C2CCCNC2)cc1Cl. The highest BCUT2D eigenvalue weighted by Gasteiger charge is 2.19. The number of halogens is 2. The molecular weight excluding hydrogens is 245 g/mol. The Hall–Kier alpha value is -0.440. The van der Waals surface area contributed by atoms with Crippen LogP contribution in [-0.4, -0.2) is 20.2 Å². The molecule has 1 aliphatic heterocycles. The van der Waals surface area contributed by atoms with Gasteiger partial charge in [0.2, 0.25) is 0 Å². The van der Waals surface area contributed by atoms with Crippen molar-refractivity contribution in [2.24, 2.45) is 0 Å². The van der Waals surface area contributed by atoms with Crippen LogP contribution in [0.2, 0.25) is 10.0 Å². The number of hydrogen-bond donors (Lipinski definition) is 1. The number of ether oxygens (including phenoxy) is 1. The smallest absolute Gasteiger partial charge is 0.138 e. The number of rotatable bonds is 2. The van der Waals surface area contributed by atoms with Crippen molar-refractivity contribution in [3.8, 4) is 5.75 Å². The minimum Gasteiger partial charge on any atom is -0.495 e. The first kappa shape index (κ1) is 12.0. The molecule has 0 saturated carbocycles. The van der Waals surface area contributed by atoms with Gasteiger partial charge in [0, 0.05) is 17.6 Å². The average Bonchev–Trinajstić information content (AvgIpc) is 2.32. The van der Waals surface area contributed by atoms with Gasteiger partial charge in [0.1, 0.15) is 5.75 Å². The lowest BCUT2D eigenvalue weighted by atomic mass is 9.91. The molecule has 4 heteroatoms. The van der Waals surface area contributed by atoms with E-state index in [1.807, 2.05) is 6.07 Å². The predicted octanol–water partition coefficient (Wildman–Crippen LogP) is 3.47. The van der Waals surface area contributed by atoms with Crippen molar-refractivity contribution < 1.29 is 4.74 Å². The van der Waals surface area contributed by atoms with Gasteiger partial charge < -0.3 is 10.1 Å². The molecule has 0 aromatic heterocycles. The predicted molar refractivity (Wildman–Crippen MR) is 67.9 cm³/mol. The van der Waals surface area contributed by atoms with Crippen LogP contribution >= 0.6 is 23.2 Å². The highest BCUT2D eigenvalue weighted by molar-refractivity contribution is 6.34. The third-order valence-electron chi connectivity index (χ3n) is 3.01. The molecule has 0 amide bonds. The molecule has 1 atom stereocenters. The van der Waals surface area contributed by atoms with E-state index in [9.17, 15) is 0 Å². The fourth-order valence-corrected chi connectivity index (χ4v) is 2.69. The molecular formula is C12H15Cl2NO. The Morgan fingerprint density at radius 3 is 2.75 bits per heavy atom. The molecule has 1 saturated heterocycles. The van der Waals surface area contributed by atoms with E-state index in [4.69, 9.17) is 27.9 Å². The van der Waals surface area contributed by atoms with Crippen molar-refractivity contribution in [2.75, 3.05) is 20.2 Å². The molecule has 0 spiro atoms. The van der Waals surface area contributed by atoms with Crippen LogP contribution in [0, 0.1) is 0 Å². The Morgan fingerprint density at radius 2 is 2.12 bits per heavy atom. The molecule has 1 fully saturated rings. The topological polar surface area (TPSA) is 21.3 Å². The Bertz CT molecular complexity index is 376. The highest BCUT2D eigenvalue weighted by Crippen LogP contribution is 2.36. The van der Waals surface area contributed by atoms with Gasteiger partial charge >= 0.3 is 0 Å². The standard InChI is InChI=1S/C12H15Cl2NO/c1-16-12-6-10(13)9(5-11(12)14)8-3-2-4-15-7-8/h5-6,8,15H,2-4,7H2,1H3. The fraction of sp³-hybridized carbons (Fsp3) is 0.500. The molecule has 16 heavy (non-hydrogen) atoms. The molecule has 88 valence electrons. The van der Waals surface area contributed by atoms with Gasteiger partial charge in [-0.3, -0.25) is 0 Å². The summed E-state index contributed by atoms with van der Waals surface area (Å²) in [5.74, 6) is 1.10. The minimum atomic E-state index is 0.463. The lowest BCUT2D eigenvalue weighted by molar-refractivity contribution is 0.414. The first-order valence-electron chi connectivity index (χ1n) is 5.46.